The smallest absolute Gasteiger partial charge is 0.275 e. The first-order valence-corrected chi connectivity index (χ1v) is 6.56. The number of amides is 1. The average Bonchev–Trinajstić information content (AvgIpc) is 2.76. The predicted molar refractivity (Wildman–Crippen MR) is 66.5 cm³/mol. The van der Waals surface area contributed by atoms with Gasteiger partial charge in [-0.25, -0.2) is 5.84 Å². The summed E-state index contributed by atoms with van der Waals surface area (Å²) in [5, 5.41) is 11.5. The van der Waals surface area contributed by atoms with Gasteiger partial charge in [-0.1, -0.05) is 0 Å². The maximum Gasteiger partial charge on any atom is 0.275 e. The zero-order valence-electron chi connectivity index (χ0n) is 9.56. The lowest BCUT2D eigenvalue weighted by molar-refractivity contribution is 0.0667. The summed E-state index contributed by atoms with van der Waals surface area (Å²) in [4.78, 5) is 14.3. The van der Waals surface area contributed by atoms with Crippen LogP contribution in [-0.4, -0.2) is 35.1 Å². The number of nitrogens with one attached hydrogen (secondary N) is 1. The van der Waals surface area contributed by atoms with Crippen molar-refractivity contribution in [3.05, 3.63) is 21.9 Å². The number of hydrogen-bond acceptors (Lipinski definition) is 5. The number of nitrogens with two attached hydrogens (primary N) is 1. The zero-order valence-corrected chi connectivity index (χ0v) is 10.4. The Morgan fingerprint density at radius 3 is 3.24 bits per heavy atom. The second kappa shape index (κ2) is 5.59. The third kappa shape index (κ3) is 3.04. The van der Waals surface area contributed by atoms with Crippen LogP contribution < -0.4 is 11.3 Å². The average molecular weight is 255 g/mol. The van der Waals surface area contributed by atoms with E-state index in [-0.39, 0.29) is 12.0 Å². The van der Waals surface area contributed by atoms with Gasteiger partial charge < -0.3 is 5.11 Å². The molecule has 0 bridgehead atoms. The van der Waals surface area contributed by atoms with Crippen molar-refractivity contribution in [2.24, 2.45) is 5.84 Å². The van der Waals surface area contributed by atoms with Gasteiger partial charge in [0.25, 0.3) is 5.91 Å². The Bertz CT molecular complexity index is 394. The summed E-state index contributed by atoms with van der Waals surface area (Å²) in [7, 11) is 0. The summed E-state index contributed by atoms with van der Waals surface area (Å²) in [5.74, 6) is 4.90. The molecule has 1 saturated heterocycles. The van der Waals surface area contributed by atoms with E-state index in [0.29, 0.717) is 18.0 Å². The fraction of sp³-hybridized carbons (Fsp3) is 0.545. The van der Waals surface area contributed by atoms with E-state index in [1.165, 1.54) is 11.3 Å². The minimum Gasteiger partial charge on any atom is -0.392 e. The van der Waals surface area contributed by atoms with Gasteiger partial charge in [0, 0.05) is 13.1 Å². The van der Waals surface area contributed by atoms with Gasteiger partial charge in [0.2, 0.25) is 0 Å². The number of thiophene rings is 1. The van der Waals surface area contributed by atoms with E-state index in [9.17, 15) is 9.90 Å². The van der Waals surface area contributed by atoms with Crippen LogP contribution in [-0.2, 0) is 6.54 Å². The number of carbonyl (C=O) groups is 1. The molecule has 1 aromatic rings. The topological polar surface area (TPSA) is 78.6 Å². The first-order chi connectivity index (χ1) is 8.20. The fourth-order valence-electron chi connectivity index (χ4n) is 2.14. The molecule has 5 nitrogen and oxygen atoms in total. The van der Waals surface area contributed by atoms with Crippen molar-refractivity contribution in [2.45, 2.75) is 25.5 Å². The molecule has 94 valence electrons. The van der Waals surface area contributed by atoms with Crippen molar-refractivity contribution < 1.29 is 9.90 Å². The highest BCUT2D eigenvalue weighted by Gasteiger charge is 2.20. The highest BCUT2D eigenvalue weighted by Crippen LogP contribution is 2.20. The number of β-amino-alcohol motifs (C(OH)–C–C–N with tert-alkyl or cyclic N) is 1. The third-order valence-electron chi connectivity index (χ3n) is 2.96. The largest absolute Gasteiger partial charge is 0.392 e. The van der Waals surface area contributed by atoms with Gasteiger partial charge in [0.05, 0.1) is 11.0 Å². The van der Waals surface area contributed by atoms with Gasteiger partial charge in [-0.2, -0.15) is 0 Å². The summed E-state index contributed by atoms with van der Waals surface area (Å²) >= 11 is 1.39. The molecule has 1 amide bonds. The molecule has 0 saturated carbocycles. The maximum atomic E-state index is 11.5. The van der Waals surface area contributed by atoms with E-state index < -0.39 is 0 Å². The first-order valence-electron chi connectivity index (χ1n) is 5.68. The van der Waals surface area contributed by atoms with Crippen LogP contribution in [0.4, 0.5) is 0 Å². The summed E-state index contributed by atoms with van der Waals surface area (Å²) < 4.78 is 0. The third-order valence-corrected chi connectivity index (χ3v) is 3.91. The lowest BCUT2D eigenvalue weighted by atomic mass is 10.1. The number of carbonyl (C=O) groups excluding carboxylic acids is 1. The molecular weight excluding hydrogens is 238 g/mol. The Kier molecular flexibility index (Phi) is 4.11. The number of aliphatic hydroxyl groups excluding tert-OH is 1. The fourth-order valence-corrected chi connectivity index (χ4v) is 2.96. The van der Waals surface area contributed by atoms with Crippen LogP contribution >= 0.6 is 11.3 Å². The summed E-state index contributed by atoms with van der Waals surface area (Å²) in [6.07, 6.45) is 1.63. The van der Waals surface area contributed by atoms with E-state index in [2.05, 4.69) is 10.3 Å². The van der Waals surface area contributed by atoms with Crippen molar-refractivity contribution in [1.82, 2.24) is 10.3 Å². The monoisotopic (exact) mass is 255 g/mol. The van der Waals surface area contributed by atoms with E-state index in [0.717, 1.165) is 24.9 Å². The van der Waals surface area contributed by atoms with E-state index in [1.54, 1.807) is 0 Å². The van der Waals surface area contributed by atoms with Crippen LogP contribution in [0, 0.1) is 0 Å². The number of hydrazine groups is 1. The molecule has 1 atom stereocenters. The Hall–Kier alpha value is -0.950. The van der Waals surface area contributed by atoms with Crippen molar-refractivity contribution in [3.63, 3.8) is 0 Å². The minimum atomic E-state index is -0.243. The number of nitrogen functional groups attached to an aromatic ring is 1. The van der Waals surface area contributed by atoms with Gasteiger partial charge in [-0.05, 0) is 36.4 Å². The normalized spacial score (nSPS) is 21.4. The van der Waals surface area contributed by atoms with E-state index in [1.807, 2.05) is 11.4 Å². The SMILES string of the molecule is NNC(=O)c1sccc1CN1CCCC(O)C1. The van der Waals surface area contributed by atoms with Crippen LogP contribution in [0.5, 0.6) is 0 Å². The summed E-state index contributed by atoms with van der Waals surface area (Å²) in [6, 6.07) is 1.94. The minimum absolute atomic E-state index is 0.242. The molecule has 1 fully saturated rings. The van der Waals surface area contributed by atoms with Crippen LogP contribution in [0.1, 0.15) is 28.1 Å². The highest BCUT2D eigenvalue weighted by atomic mass is 32.1. The Morgan fingerprint density at radius 1 is 1.71 bits per heavy atom. The molecule has 0 aliphatic carbocycles. The van der Waals surface area contributed by atoms with Crippen molar-refractivity contribution in [2.75, 3.05) is 13.1 Å². The number of hydrogen-bond donors (Lipinski definition) is 3. The molecule has 1 aromatic heterocycles. The first kappa shape index (κ1) is 12.5. The molecule has 2 heterocycles. The van der Waals surface area contributed by atoms with Crippen LogP contribution in [0.3, 0.4) is 0 Å². The maximum absolute atomic E-state index is 11.5. The molecule has 6 heteroatoms. The molecule has 1 aliphatic heterocycles. The molecular formula is C11H17N3O2S. The molecule has 4 N–H and O–H groups in total. The second-order valence-corrected chi connectivity index (χ2v) is 5.20. The molecule has 2 rings (SSSR count). The van der Waals surface area contributed by atoms with Gasteiger partial charge in [-0.3, -0.25) is 15.1 Å². The Labute approximate surface area is 104 Å². The lowest BCUT2D eigenvalue weighted by Crippen LogP contribution is -2.38. The quantitative estimate of drug-likeness (QED) is 0.412. The van der Waals surface area contributed by atoms with Crippen molar-refractivity contribution >= 4 is 17.2 Å². The van der Waals surface area contributed by atoms with Crippen molar-refractivity contribution in [3.8, 4) is 0 Å². The summed E-state index contributed by atoms with van der Waals surface area (Å²) in [5.41, 5.74) is 3.14. The Morgan fingerprint density at radius 2 is 2.53 bits per heavy atom. The van der Waals surface area contributed by atoms with Gasteiger partial charge in [0.15, 0.2) is 0 Å². The lowest BCUT2D eigenvalue weighted by Gasteiger charge is -2.29. The molecule has 1 unspecified atom stereocenters. The van der Waals surface area contributed by atoms with Crippen molar-refractivity contribution in [1.29, 1.82) is 0 Å². The van der Waals surface area contributed by atoms with E-state index in [4.69, 9.17) is 5.84 Å². The standard InChI is InChI=1S/C11H17N3O2S/c12-13-11(16)10-8(3-5-17-10)6-14-4-1-2-9(15)7-14/h3,5,9,15H,1-2,4,6-7,12H2,(H,13,16). The highest BCUT2D eigenvalue weighted by molar-refractivity contribution is 7.12. The molecule has 0 aromatic carbocycles. The van der Waals surface area contributed by atoms with E-state index >= 15 is 0 Å². The molecule has 1 aliphatic rings. The molecule has 0 spiro atoms. The number of piperidine rings is 1. The second-order valence-electron chi connectivity index (χ2n) is 4.28. The van der Waals surface area contributed by atoms with Crippen LogP contribution in [0.15, 0.2) is 11.4 Å². The molecule has 17 heavy (non-hydrogen) atoms. The zero-order chi connectivity index (χ0) is 12.3. The Balaban J connectivity index is 2.03. The van der Waals surface area contributed by atoms with Gasteiger partial charge in [0.1, 0.15) is 0 Å². The molecule has 0 radical (unpaired) electrons. The number of rotatable bonds is 3. The van der Waals surface area contributed by atoms with Crippen LogP contribution in [0.2, 0.25) is 0 Å². The summed E-state index contributed by atoms with van der Waals surface area (Å²) in [6.45, 7) is 2.35. The number of likely N-dealkylation sites (tertiary alicyclic amines) is 1. The predicted octanol–water partition coefficient (Wildman–Crippen LogP) is 0.308. The van der Waals surface area contributed by atoms with Gasteiger partial charge >= 0.3 is 0 Å². The number of nitrogens with zero attached hydrogens (tertiary/aromatic N) is 1. The van der Waals surface area contributed by atoms with Crippen LogP contribution in [0.25, 0.3) is 0 Å². The van der Waals surface area contributed by atoms with Gasteiger partial charge in [-0.15, -0.1) is 11.3 Å². The number of aliphatic hydroxyl groups is 1.